The number of aromatic nitrogens is 1. The van der Waals surface area contributed by atoms with E-state index in [0.29, 0.717) is 18.7 Å². The molecule has 0 saturated carbocycles. The maximum absolute atomic E-state index is 12.0. The molecule has 0 aromatic carbocycles. The van der Waals surface area contributed by atoms with Crippen LogP contribution in [0.2, 0.25) is 0 Å². The second-order valence-corrected chi connectivity index (χ2v) is 7.47. The third-order valence-electron chi connectivity index (χ3n) is 2.37. The summed E-state index contributed by atoms with van der Waals surface area (Å²) in [7, 11) is -1.16. The maximum atomic E-state index is 12.0. The highest BCUT2D eigenvalue weighted by atomic mass is 32.2. The number of halogens is 3. The Kier molecular flexibility index (Phi) is 6.15. The smallest absolute Gasteiger partial charge is 0.422 e. The highest BCUT2D eigenvalue weighted by molar-refractivity contribution is 7.84. The Morgan fingerprint density at radius 1 is 1.29 bits per heavy atom. The summed E-state index contributed by atoms with van der Waals surface area (Å²) in [5.41, 5.74) is 0.688. The van der Waals surface area contributed by atoms with Crippen LogP contribution in [0.15, 0.2) is 18.3 Å². The van der Waals surface area contributed by atoms with E-state index in [9.17, 15) is 17.4 Å². The van der Waals surface area contributed by atoms with Crippen LogP contribution in [-0.4, -0.2) is 33.3 Å². The molecule has 1 N–H and O–H groups in total. The predicted molar refractivity (Wildman–Crippen MR) is 75.4 cm³/mol. The summed E-state index contributed by atoms with van der Waals surface area (Å²) in [6.07, 6.45) is -2.58. The maximum Gasteiger partial charge on any atom is 0.422 e. The van der Waals surface area contributed by atoms with Crippen LogP contribution in [0.5, 0.6) is 5.75 Å². The van der Waals surface area contributed by atoms with E-state index >= 15 is 0 Å². The lowest BCUT2D eigenvalue weighted by Crippen LogP contribution is -2.34. The summed E-state index contributed by atoms with van der Waals surface area (Å²) in [6.45, 7) is 4.73. The number of nitrogens with one attached hydrogen (secondary N) is 1. The fourth-order valence-corrected chi connectivity index (χ4v) is 2.02. The summed E-state index contributed by atoms with van der Waals surface area (Å²) < 4.78 is 54.8. The van der Waals surface area contributed by atoms with Crippen LogP contribution in [0.4, 0.5) is 13.2 Å². The van der Waals surface area contributed by atoms with Crippen molar-refractivity contribution in [3.63, 3.8) is 0 Å². The van der Waals surface area contributed by atoms with E-state index in [4.69, 9.17) is 0 Å². The largest absolute Gasteiger partial charge is 0.483 e. The molecule has 0 aliphatic heterocycles. The molecule has 8 heteroatoms. The van der Waals surface area contributed by atoms with Gasteiger partial charge in [-0.1, -0.05) is 0 Å². The fourth-order valence-electron chi connectivity index (χ4n) is 1.30. The summed E-state index contributed by atoms with van der Waals surface area (Å²) >= 11 is 0. The molecule has 1 atom stereocenters. The average molecular weight is 324 g/mol. The van der Waals surface area contributed by atoms with E-state index in [-0.39, 0.29) is 10.5 Å². The lowest BCUT2D eigenvalue weighted by molar-refractivity contribution is -0.153. The third kappa shape index (κ3) is 7.42. The van der Waals surface area contributed by atoms with E-state index < -0.39 is 23.8 Å². The minimum Gasteiger partial charge on any atom is -0.483 e. The zero-order chi connectivity index (χ0) is 16.1. The van der Waals surface area contributed by atoms with Gasteiger partial charge in [0.15, 0.2) is 6.61 Å². The van der Waals surface area contributed by atoms with Gasteiger partial charge in [-0.15, -0.1) is 0 Å². The number of alkyl halides is 3. The predicted octanol–water partition coefficient (Wildman–Crippen LogP) is 2.62. The van der Waals surface area contributed by atoms with E-state index in [2.05, 4.69) is 14.4 Å². The molecule has 1 aromatic heterocycles. The molecule has 1 heterocycles. The monoisotopic (exact) mass is 324 g/mol. The molecule has 0 bridgehead atoms. The second-order valence-electron chi connectivity index (χ2n) is 5.41. The minimum atomic E-state index is -4.36. The molecule has 0 unspecified atom stereocenters. The van der Waals surface area contributed by atoms with Crippen molar-refractivity contribution in [3.8, 4) is 5.75 Å². The zero-order valence-corrected chi connectivity index (χ0v) is 13.0. The Morgan fingerprint density at radius 3 is 2.43 bits per heavy atom. The molecular weight excluding hydrogens is 305 g/mol. The Morgan fingerprint density at radius 2 is 1.95 bits per heavy atom. The van der Waals surface area contributed by atoms with Gasteiger partial charge in [-0.05, 0) is 32.9 Å². The molecule has 4 nitrogen and oxygen atoms in total. The lowest BCUT2D eigenvalue weighted by Gasteiger charge is -2.17. The van der Waals surface area contributed by atoms with Gasteiger partial charge in [-0.3, -0.25) is 4.98 Å². The highest BCUT2D eigenvalue weighted by Gasteiger charge is 2.28. The number of hydrogen-bond donors (Lipinski definition) is 1. The molecule has 1 aromatic rings. The lowest BCUT2D eigenvalue weighted by atomic mass is 10.3. The first-order chi connectivity index (χ1) is 9.58. The van der Waals surface area contributed by atoms with Gasteiger partial charge in [0, 0.05) is 18.7 Å². The Balaban J connectivity index is 2.40. The van der Waals surface area contributed by atoms with E-state index in [0.717, 1.165) is 0 Å². The first-order valence-electron chi connectivity index (χ1n) is 6.38. The van der Waals surface area contributed by atoms with Crippen molar-refractivity contribution in [2.45, 2.75) is 38.1 Å². The van der Waals surface area contributed by atoms with Crippen LogP contribution in [0.25, 0.3) is 0 Å². The van der Waals surface area contributed by atoms with Crippen LogP contribution in [0.1, 0.15) is 26.5 Å². The SMILES string of the molecule is CC(C)(C)[S@@](=O)NCCc1ccc(OCC(F)(F)F)cn1. The Bertz CT molecular complexity index is 470. The molecule has 0 aliphatic carbocycles. The van der Waals surface area contributed by atoms with Crippen molar-refractivity contribution in [2.75, 3.05) is 13.2 Å². The molecule has 0 radical (unpaired) electrons. The van der Waals surface area contributed by atoms with Gasteiger partial charge in [0.1, 0.15) is 5.75 Å². The van der Waals surface area contributed by atoms with Gasteiger partial charge < -0.3 is 4.74 Å². The van der Waals surface area contributed by atoms with Crippen LogP contribution in [0.3, 0.4) is 0 Å². The first-order valence-corrected chi connectivity index (χ1v) is 7.53. The Labute approximate surface area is 124 Å². The number of hydrogen-bond acceptors (Lipinski definition) is 3. The second kappa shape index (κ2) is 7.22. The summed E-state index contributed by atoms with van der Waals surface area (Å²) in [5.74, 6) is 0.0716. The molecule has 0 fully saturated rings. The third-order valence-corrected chi connectivity index (χ3v) is 3.95. The highest BCUT2D eigenvalue weighted by Crippen LogP contribution is 2.17. The molecule has 0 saturated heterocycles. The van der Waals surface area contributed by atoms with Gasteiger partial charge in [-0.25, -0.2) is 8.93 Å². The number of pyridine rings is 1. The summed E-state index contributed by atoms with van der Waals surface area (Å²) in [4.78, 5) is 4.01. The molecule has 0 amide bonds. The average Bonchev–Trinajstić information content (AvgIpc) is 2.35. The van der Waals surface area contributed by atoms with Gasteiger partial charge in [0.05, 0.1) is 21.9 Å². The molecular formula is C13H19F3N2O2S. The van der Waals surface area contributed by atoms with E-state index in [1.807, 2.05) is 20.8 Å². The Hall–Kier alpha value is -1.15. The van der Waals surface area contributed by atoms with Crippen molar-refractivity contribution in [1.82, 2.24) is 9.71 Å². The van der Waals surface area contributed by atoms with E-state index in [1.54, 1.807) is 6.07 Å². The van der Waals surface area contributed by atoms with Crippen LogP contribution < -0.4 is 9.46 Å². The van der Waals surface area contributed by atoms with Crippen LogP contribution >= 0.6 is 0 Å². The molecule has 120 valence electrons. The summed E-state index contributed by atoms with van der Waals surface area (Å²) in [5, 5.41) is 0. The molecule has 1 rings (SSSR count). The number of nitrogens with zero attached hydrogens (tertiary/aromatic N) is 1. The standard InChI is InChI=1S/C13H19F3N2O2S/c1-12(2,3)21(19)18-7-6-10-4-5-11(8-17-10)20-9-13(14,15)16/h4-5,8,18H,6-7,9H2,1-3H3/t21-/m1/s1. The molecule has 0 spiro atoms. The van der Waals surface area contributed by atoms with Gasteiger partial charge in [-0.2, -0.15) is 13.2 Å². The molecule has 21 heavy (non-hydrogen) atoms. The van der Waals surface area contributed by atoms with Gasteiger partial charge in [0.2, 0.25) is 0 Å². The minimum absolute atomic E-state index is 0.0716. The van der Waals surface area contributed by atoms with Crippen molar-refractivity contribution >= 4 is 11.0 Å². The van der Waals surface area contributed by atoms with Crippen molar-refractivity contribution in [2.24, 2.45) is 0 Å². The van der Waals surface area contributed by atoms with Crippen LogP contribution in [-0.2, 0) is 17.4 Å². The van der Waals surface area contributed by atoms with Crippen molar-refractivity contribution in [3.05, 3.63) is 24.0 Å². The normalized spacial score (nSPS) is 14.0. The quantitative estimate of drug-likeness (QED) is 0.875. The van der Waals surface area contributed by atoms with Crippen LogP contribution in [0, 0.1) is 0 Å². The first kappa shape index (κ1) is 17.9. The van der Waals surface area contributed by atoms with Crippen molar-refractivity contribution in [1.29, 1.82) is 0 Å². The fraction of sp³-hybridized carbons (Fsp3) is 0.615. The van der Waals surface area contributed by atoms with Gasteiger partial charge >= 0.3 is 6.18 Å². The summed E-state index contributed by atoms with van der Waals surface area (Å²) in [6, 6.07) is 3.03. The van der Waals surface area contributed by atoms with Gasteiger partial charge in [0.25, 0.3) is 0 Å². The topological polar surface area (TPSA) is 51.2 Å². The number of ether oxygens (including phenoxy) is 1. The van der Waals surface area contributed by atoms with Crippen molar-refractivity contribution < 1.29 is 22.1 Å². The molecule has 0 aliphatic rings. The zero-order valence-electron chi connectivity index (χ0n) is 12.2. The van der Waals surface area contributed by atoms with E-state index in [1.165, 1.54) is 12.3 Å². The number of rotatable bonds is 6.